The van der Waals surface area contributed by atoms with Crippen LogP contribution in [0.3, 0.4) is 0 Å². The van der Waals surface area contributed by atoms with Gasteiger partial charge in [0.05, 0.1) is 27.1 Å². The highest BCUT2D eigenvalue weighted by atomic mass is 32.2. The minimum Gasteiger partial charge on any atom is -0.310 e. The van der Waals surface area contributed by atoms with Gasteiger partial charge in [-0.1, -0.05) is 18.7 Å². The molecule has 0 spiro atoms. The van der Waals surface area contributed by atoms with Crippen LogP contribution in [0.15, 0.2) is 41.3 Å². The fraction of sp³-hybridized carbons (Fsp3) is 0.182. The van der Waals surface area contributed by atoms with Gasteiger partial charge in [-0.2, -0.15) is 0 Å². The van der Waals surface area contributed by atoms with Gasteiger partial charge in [0.2, 0.25) is 0 Å². The van der Waals surface area contributed by atoms with Crippen LogP contribution in [0, 0.1) is 0 Å². The molecule has 0 aromatic heterocycles. The van der Waals surface area contributed by atoms with E-state index in [4.69, 9.17) is 0 Å². The SMILES string of the molecule is C=C1C[S@](=O)c2ccccc2N(C)C1=O. The van der Waals surface area contributed by atoms with E-state index in [1.54, 1.807) is 19.2 Å². The van der Waals surface area contributed by atoms with Gasteiger partial charge in [0, 0.05) is 12.6 Å². The zero-order chi connectivity index (χ0) is 11.0. The van der Waals surface area contributed by atoms with Crippen molar-refractivity contribution in [3.05, 3.63) is 36.4 Å². The van der Waals surface area contributed by atoms with Crippen molar-refractivity contribution in [2.24, 2.45) is 0 Å². The van der Waals surface area contributed by atoms with Gasteiger partial charge in [-0.15, -0.1) is 0 Å². The number of nitrogens with zero attached hydrogens (tertiary/aromatic N) is 1. The number of hydrogen-bond acceptors (Lipinski definition) is 2. The quantitative estimate of drug-likeness (QED) is 0.620. The van der Waals surface area contributed by atoms with Crippen molar-refractivity contribution in [2.75, 3.05) is 17.7 Å². The first-order chi connectivity index (χ1) is 7.11. The smallest absolute Gasteiger partial charge is 0.254 e. The van der Waals surface area contributed by atoms with Crippen LogP contribution in [0.1, 0.15) is 0 Å². The Balaban J connectivity index is 2.62. The number of fused-ring (bicyclic) bond motifs is 1. The predicted molar refractivity (Wildman–Crippen MR) is 60.3 cm³/mol. The lowest BCUT2D eigenvalue weighted by atomic mass is 10.2. The van der Waals surface area contributed by atoms with E-state index in [2.05, 4.69) is 6.58 Å². The van der Waals surface area contributed by atoms with E-state index in [0.717, 1.165) is 0 Å². The van der Waals surface area contributed by atoms with Gasteiger partial charge in [0.25, 0.3) is 5.91 Å². The second kappa shape index (κ2) is 3.62. The second-order valence-corrected chi connectivity index (χ2v) is 4.84. The highest BCUT2D eigenvalue weighted by Gasteiger charge is 2.25. The molecule has 0 radical (unpaired) electrons. The maximum Gasteiger partial charge on any atom is 0.254 e. The number of hydrogen-bond donors (Lipinski definition) is 0. The summed E-state index contributed by atoms with van der Waals surface area (Å²) in [7, 11) is 0.509. The molecule has 0 unspecified atom stereocenters. The van der Waals surface area contributed by atoms with E-state index in [1.165, 1.54) is 4.90 Å². The lowest BCUT2D eigenvalue weighted by Gasteiger charge is -2.16. The molecule has 78 valence electrons. The summed E-state index contributed by atoms with van der Waals surface area (Å²) in [6, 6.07) is 7.23. The Morgan fingerprint density at radius 1 is 1.40 bits per heavy atom. The van der Waals surface area contributed by atoms with Crippen molar-refractivity contribution < 1.29 is 9.00 Å². The Labute approximate surface area is 90.9 Å². The number of anilines is 1. The molecule has 0 fully saturated rings. The number of carbonyl (C=O) groups excluding carboxylic acids is 1. The third-order valence-electron chi connectivity index (χ3n) is 2.38. The summed E-state index contributed by atoms with van der Waals surface area (Å²) >= 11 is 0. The minimum absolute atomic E-state index is 0.159. The highest BCUT2D eigenvalue weighted by Crippen LogP contribution is 2.27. The molecule has 0 bridgehead atoms. The summed E-state index contributed by atoms with van der Waals surface area (Å²) in [6.45, 7) is 3.65. The summed E-state index contributed by atoms with van der Waals surface area (Å²) in [4.78, 5) is 13.9. The van der Waals surface area contributed by atoms with Crippen molar-refractivity contribution in [1.82, 2.24) is 0 Å². The normalized spacial score (nSPS) is 21.1. The number of benzene rings is 1. The largest absolute Gasteiger partial charge is 0.310 e. The molecule has 1 amide bonds. The van der Waals surface area contributed by atoms with Crippen molar-refractivity contribution in [3.63, 3.8) is 0 Å². The zero-order valence-electron chi connectivity index (χ0n) is 8.40. The lowest BCUT2D eigenvalue weighted by Crippen LogP contribution is -2.26. The van der Waals surface area contributed by atoms with E-state index in [0.29, 0.717) is 16.2 Å². The molecular weight excluding hydrogens is 210 g/mol. The van der Waals surface area contributed by atoms with Gasteiger partial charge in [-0.3, -0.25) is 9.00 Å². The minimum atomic E-state index is -1.17. The van der Waals surface area contributed by atoms with E-state index < -0.39 is 10.8 Å². The first-order valence-corrected chi connectivity index (χ1v) is 5.86. The average molecular weight is 221 g/mol. The summed E-state index contributed by atoms with van der Waals surface area (Å²) in [5.74, 6) is 0.0634. The Kier molecular flexibility index (Phi) is 2.44. The maximum atomic E-state index is 11.9. The van der Waals surface area contributed by atoms with Crippen LogP contribution in [0.5, 0.6) is 0 Å². The van der Waals surface area contributed by atoms with E-state index in [9.17, 15) is 9.00 Å². The molecule has 0 saturated heterocycles. The Morgan fingerprint density at radius 2 is 2.07 bits per heavy atom. The van der Waals surface area contributed by atoms with Gasteiger partial charge in [-0.05, 0) is 12.1 Å². The first-order valence-electron chi connectivity index (χ1n) is 4.54. The molecule has 3 nitrogen and oxygen atoms in total. The van der Waals surface area contributed by atoms with Crippen LogP contribution in [-0.2, 0) is 15.6 Å². The van der Waals surface area contributed by atoms with Gasteiger partial charge in [0.15, 0.2) is 0 Å². The third-order valence-corrected chi connectivity index (χ3v) is 3.83. The molecule has 0 saturated carbocycles. The molecule has 1 heterocycles. The molecule has 1 aromatic carbocycles. The molecule has 15 heavy (non-hydrogen) atoms. The summed E-state index contributed by atoms with van der Waals surface area (Å²) < 4.78 is 11.9. The number of likely N-dealkylation sites (N-methyl/N-ethyl adjacent to an activating group) is 1. The molecule has 1 aliphatic rings. The standard InChI is InChI=1S/C11H11NO2S/c1-8-7-15(14)10-6-4-3-5-9(10)12(2)11(8)13/h3-6H,1,7H2,2H3/t15-/m0/s1. The molecular formula is C11H11NO2S. The number of amides is 1. The maximum absolute atomic E-state index is 11.9. The first kappa shape index (κ1) is 10.1. The Hall–Kier alpha value is -1.42. The van der Waals surface area contributed by atoms with Crippen molar-refractivity contribution >= 4 is 22.4 Å². The average Bonchev–Trinajstić information content (AvgIpc) is 2.33. The van der Waals surface area contributed by atoms with Crippen molar-refractivity contribution in [2.45, 2.75) is 4.90 Å². The van der Waals surface area contributed by atoms with Crippen LogP contribution in [0.2, 0.25) is 0 Å². The molecule has 0 aliphatic carbocycles. The zero-order valence-corrected chi connectivity index (χ0v) is 9.21. The fourth-order valence-electron chi connectivity index (χ4n) is 1.57. The lowest BCUT2D eigenvalue weighted by molar-refractivity contribution is -0.114. The van der Waals surface area contributed by atoms with Crippen molar-refractivity contribution in [3.8, 4) is 0 Å². The predicted octanol–water partition coefficient (Wildman–Crippen LogP) is 1.33. The Bertz CT molecular complexity index is 467. The van der Waals surface area contributed by atoms with Crippen LogP contribution in [0.4, 0.5) is 5.69 Å². The van der Waals surface area contributed by atoms with Crippen molar-refractivity contribution in [1.29, 1.82) is 0 Å². The summed E-state index contributed by atoms with van der Waals surface area (Å²) in [6.07, 6.45) is 0. The molecule has 1 atom stereocenters. The van der Waals surface area contributed by atoms with Gasteiger partial charge in [0.1, 0.15) is 0 Å². The number of para-hydroxylation sites is 1. The monoisotopic (exact) mass is 221 g/mol. The highest BCUT2D eigenvalue weighted by molar-refractivity contribution is 7.85. The molecule has 4 heteroatoms. The van der Waals surface area contributed by atoms with Gasteiger partial charge >= 0.3 is 0 Å². The fourth-order valence-corrected chi connectivity index (χ4v) is 2.84. The van der Waals surface area contributed by atoms with Gasteiger partial charge in [-0.25, -0.2) is 0 Å². The van der Waals surface area contributed by atoms with Crippen LogP contribution in [0.25, 0.3) is 0 Å². The van der Waals surface area contributed by atoms with Crippen LogP contribution >= 0.6 is 0 Å². The van der Waals surface area contributed by atoms with Crippen LogP contribution < -0.4 is 4.90 Å². The van der Waals surface area contributed by atoms with E-state index in [-0.39, 0.29) is 11.7 Å². The van der Waals surface area contributed by atoms with Crippen LogP contribution in [-0.4, -0.2) is 22.9 Å². The summed E-state index contributed by atoms with van der Waals surface area (Å²) in [5.41, 5.74) is 1.10. The third kappa shape index (κ3) is 1.61. The van der Waals surface area contributed by atoms with E-state index >= 15 is 0 Å². The molecule has 2 rings (SSSR count). The topological polar surface area (TPSA) is 37.4 Å². The van der Waals surface area contributed by atoms with Gasteiger partial charge < -0.3 is 4.90 Å². The number of rotatable bonds is 0. The Morgan fingerprint density at radius 3 is 2.80 bits per heavy atom. The molecule has 1 aliphatic heterocycles. The van der Waals surface area contributed by atoms with E-state index in [1.807, 2.05) is 12.1 Å². The second-order valence-electron chi connectivity index (χ2n) is 3.43. The summed E-state index contributed by atoms with van der Waals surface area (Å²) in [5, 5.41) is 0. The number of carbonyl (C=O) groups is 1. The molecule has 0 N–H and O–H groups in total. The molecule has 1 aromatic rings.